The molecule has 0 fully saturated rings. The van der Waals surface area contributed by atoms with Crippen molar-refractivity contribution < 1.29 is 0 Å². The van der Waals surface area contributed by atoms with E-state index in [-0.39, 0.29) is 5.56 Å². The van der Waals surface area contributed by atoms with Gasteiger partial charge in [-0.1, -0.05) is 13.8 Å². The number of nitrogens with one attached hydrogen (secondary N) is 1. The fourth-order valence-electron chi connectivity index (χ4n) is 1.45. The van der Waals surface area contributed by atoms with Crippen molar-refractivity contribution in [3.05, 3.63) is 25.4 Å². The van der Waals surface area contributed by atoms with Crippen molar-refractivity contribution >= 4 is 22.6 Å². The molecule has 0 radical (unpaired) electrons. The zero-order valence-corrected chi connectivity index (χ0v) is 12.3. The first-order valence-electron chi connectivity index (χ1n) is 5.32. The van der Waals surface area contributed by atoms with E-state index in [2.05, 4.69) is 46.4 Å². The molecule has 0 saturated carbocycles. The predicted molar refractivity (Wildman–Crippen MR) is 73.5 cm³/mol. The van der Waals surface area contributed by atoms with Crippen molar-refractivity contribution in [1.29, 1.82) is 0 Å². The molecule has 1 heterocycles. The molecule has 0 amide bonds. The van der Waals surface area contributed by atoms with E-state index in [9.17, 15) is 4.79 Å². The molecule has 0 aromatic carbocycles. The lowest BCUT2D eigenvalue weighted by atomic mass is 10.1. The van der Waals surface area contributed by atoms with Crippen LogP contribution in [0.3, 0.4) is 0 Å². The number of aromatic amines is 1. The first kappa shape index (κ1) is 13.6. The van der Waals surface area contributed by atoms with Gasteiger partial charge < -0.3 is 9.88 Å². The standard InChI is InChI=1S/C11H18IN3O/c1-7(2)5-8-10(12)11(16)14-9(13-8)6-15(3)4/h7H,5-6H2,1-4H3,(H,13,14,16). The monoisotopic (exact) mass is 335 g/mol. The summed E-state index contributed by atoms with van der Waals surface area (Å²) >= 11 is 2.07. The second-order valence-electron chi connectivity index (χ2n) is 4.61. The third kappa shape index (κ3) is 3.86. The zero-order chi connectivity index (χ0) is 12.3. The van der Waals surface area contributed by atoms with Crippen LogP contribution in [0.2, 0.25) is 0 Å². The van der Waals surface area contributed by atoms with Crippen molar-refractivity contribution in [3.63, 3.8) is 0 Å². The van der Waals surface area contributed by atoms with Crippen LogP contribution in [0.1, 0.15) is 25.4 Å². The smallest absolute Gasteiger partial charge is 0.264 e. The average Bonchev–Trinajstić information content (AvgIpc) is 2.11. The summed E-state index contributed by atoms with van der Waals surface area (Å²) in [5, 5.41) is 0. The Labute approximate surface area is 110 Å². The van der Waals surface area contributed by atoms with Crippen LogP contribution >= 0.6 is 22.6 Å². The molecule has 0 aliphatic carbocycles. The number of rotatable bonds is 4. The van der Waals surface area contributed by atoms with Gasteiger partial charge in [-0.15, -0.1) is 0 Å². The molecule has 4 nitrogen and oxygen atoms in total. The summed E-state index contributed by atoms with van der Waals surface area (Å²) in [5.74, 6) is 1.25. The van der Waals surface area contributed by atoms with Gasteiger partial charge in [0.05, 0.1) is 15.8 Å². The first-order chi connectivity index (χ1) is 7.40. The predicted octanol–water partition coefficient (Wildman–Crippen LogP) is 1.63. The molecule has 1 aromatic rings. The normalized spacial score (nSPS) is 11.4. The Kier molecular flexibility index (Phi) is 4.91. The van der Waals surface area contributed by atoms with Gasteiger partial charge in [0, 0.05) is 0 Å². The third-order valence-corrected chi connectivity index (χ3v) is 3.16. The second-order valence-corrected chi connectivity index (χ2v) is 5.69. The number of halogens is 1. The summed E-state index contributed by atoms with van der Waals surface area (Å²) in [7, 11) is 3.92. The van der Waals surface area contributed by atoms with Crippen molar-refractivity contribution in [1.82, 2.24) is 14.9 Å². The van der Waals surface area contributed by atoms with Gasteiger partial charge in [-0.2, -0.15) is 0 Å². The Morgan fingerprint density at radius 3 is 2.56 bits per heavy atom. The molecule has 0 spiro atoms. The Bertz CT molecular complexity index is 412. The highest BCUT2D eigenvalue weighted by molar-refractivity contribution is 14.1. The summed E-state index contributed by atoms with van der Waals surface area (Å²) in [6.45, 7) is 4.92. The van der Waals surface area contributed by atoms with Crippen LogP contribution in [0.4, 0.5) is 0 Å². The first-order valence-corrected chi connectivity index (χ1v) is 6.40. The molecule has 90 valence electrons. The summed E-state index contributed by atoms with van der Waals surface area (Å²) in [6.07, 6.45) is 0.850. The lowest BCUT2D eigenvalue weighted by molar-refractivity contribution is 0.388. The second kappa shape index (κ2) is 5.77. The van der Waals surface area contributed by atoms with E-state index in [1.54, 1.807) is 0 Å². The Morgan fingerprint density at radius 2 is 2.06 bits per heavy atom. The average molecular weight is 335 g/mol. The van der Waals surface area contributed by atoms with Crippen LogP contribution in [0, 0.1) is 9.49 Å². The third-order valence-electron chi connectivity index (χ3n) is 2.05. The van der Waals surface area contributed by atoms with Gasteiger partial charge in [0.15, 0.2) is 0 Å². The molecule has 1 aromatic heterocycles. The molecule has 1 N–H and O–H groups in total. The van der Waals surface area contributed by atoms with E-state index >= 15 is 0 Å². The summed E-state index contributed by atoms with van der Waals surface area (Å²) in [5.41, 5.74) is 0.888. The highest BCUT2D eigenvalue weighted by Crippen LogP contribution is 2.10. The van der Waals surface area contributed by atoms with E-state index in [1.165, 1.54) is 0 Å². The maximum Gasteiger partial charge on any atom is 0.264 e. The van der Waals surface area contributed by atoms with Gasteiger partial charge in [0.25, 0.3) is 5.56 Å². The molecule has 0 bridgehead atoms. The van der Waals surface area contributed by atoms with E-state index in [4.69, 9.17) is 0 Å². The van der Waals surface area contributed by atoms with Crippen LogP contribution in [0.15, 0.2) is 4.79 Å². The van der Waals surface area contributed by atoms with Crippen molar-refractivity contribution in [3.8, 4) is 0 Å². The number of nitrogens with zero attached hydrogens (tertiary/aromatic N) is 2. The van der Waals surface area contributed by atoms with Crippen LogP contribution in [-0.4, -0.2) is 29.0 Å². The van der Waals surface area contributed by atoms with Gasteiger partial charge >= 0.3 is 0 Å². The van der Waals surface area contributed by atoms with Crippen LogP contribution in [-0.2, 0) is 13.0 Å². The minimum atomic E-state index is -0.0249. The zero-order valence-electron chi connectivity index (χ0n) is 10.2. The van der Waals surface area contributed by atoms with E-state index in [0.29, 0.717) is 16.0 Å². The number of H-pyrrole nitrogens is 1. The highest BCUT2D eigenvalue weighted by Gasteiger charge is 2.10. The molecule has 0 saturated heterocycles. The molecule has 16 heavy (non-hydrogen) atoms. The molecule has 0 aliphatic heterocycles. The molecular weight excluding hydrogens is 317 g/mol. The maximum absolute atomic E-state index is 11.7. The van der Waals surface area contributed by atoms with E-state index in [1.807, 2.05) is 19.0 Å². The Balaban J connectivity index is 3.07. The Morgan fingerprint density at radius 1 is 1.44 bits per heavy atom. The van der Waals surface area contributed by atoms with Gasteiger partial charge in [0.2, 0.25) is 0 Å². The molecule has 0 atom stereocenters. The molecule has 1 rings (SSSR count). The number of aromatic nitrogens is 2. The van der Waals surface area contributed by atoms with Gasteiger partial charge in [-0.25, -0.2) is 4.98 Å². The van der Waals surface area contributed by atoms with Crippen molar-refractivity contribution in [2.45, 2.75) is 26.8 Å². The number of hydrogen-bond donors (Lipinski definition) is 1. The highest BCUT2D eigenvalue weighted by atomic mass is 127. The van der Waals surface area contributed by atoms with Crippen molar-refractivity contribution in [2.75, 3.05) is 14.1 Å². The largest absolute Gasteiger partial charge is 0.309 e. The summed E-state index contributed by atoms with van der Waals surface area (Å²) in [6, 6.07) is 0. The van der Waals surface area contributed by atoms with Gasteiger partial charge in [0.1, 0.15) is 5.82 Å². The molecular formula is C11H18IN3O. The minimum Gasteiger partial charge on any atom is -0.309 e. The SMILES string of the molecule is CC(C)Cc1nc(CN(C)C)[nH]c(=O)c1I. The summed E-state index contributed by atoms with van der Waals surface area (Å²) in [4.78, 5) is 21.0. The quantitative estimate of drug-likeness (QED) is 0.851. The van der Waals surface area contributed by atoms with Crippen LogP contribution in [0.5, 0.6) is 0 Å². The number of hydrogen-bond acceptors (Lipinski definition) is 3. The topological polar surface area (TPSA) is 49.0 Å². The lowest BCUT2D eigenvalue weighted by Crippen LogP contribution is -2.22. The summed E-state index contributed by atoms with van der Waals surface area (Å²) < 4.78 is 0.716. The minimum absolute atomic E-state index is 0.0249. The fourth-order valence-corrected chi connectivity index (χ4v) is 1.93. The molecule has 0 unspecified atom stereocenters. The molecule has 0 aliphatic rings. The van der Waals surface area contributed by atoms with Crippen LogP contribution in [0.25, 0.3) is 0 Å². The lowest BCUT2D eigenvalue weighted by Gasteiger charge is -2.11. The Hall–Kier alpha value is -0.430. The maximum atomic E-state index is 11.7. The van der Waals surface area contributed by atoms with Crippen molar-refractivity contribution in [2.24, 2.45) is 5.92 Å². The van der Waals surface area contributed by atoms with E-state index in [0.717, 1.165) is 17.9 Å². The fraction of sp³-hybridized carbons (Fsp3) is 0.636. The van der Waals surface area contributed by atoms with Gasteiger partial charge in [-0.3, -0.25) is 4.79 Å². The molecule has 5 heteroatoms. The van der Waals surface area contributed by atoms with Crippen LogP contribution < -0.4 is 5.56 Å². The van der Waals surface area contributed by atoms with E-state index < -0.39 is 0 Å². The van der Waals surface area contributed by atoms with Gasteiger partial charge in [-0.05, 0) is 49.0 Å².